The van der Waals surface area contributed by atoms with E-state index in [1.807, 2.05) is 6.92 Å². The fourth-order valence-corrected chi connectivity index (χ4v) is 3.07. The van der Waals surface area contributed by atoms with Crippen LogP contribution in [0.2, 0.25) is 0 Å². The molecule has 108 valence electrons. The van der Waals surface area contributed by atoms with Crippen LogP contribution in [0.3, 0.4) is 0 Å². The number of carboxylic acid groups (broad SMARTS) is 1. The van der Waals surface area contributed by atoms with E-state index in [9.17, 15) is 14.0 Å². The second-order valence-electron chi connectivity index (χ2n) is 5.18. The number of halogens is 2. The van der Waals surface area contributed by atoms with Crippen molar-refractivity contribution in [1.29, 1.82) is 0 Å². The van der Waals surface area contributed by atoms with E-state index in [-0.39, 0.29) is 18.0 Å². The predicted molar refractivity (Wildman–Crippen MR) is 74.9 cm³/mol. The van der Waals surface area contributed by atoms with Gasteiger partial charge in [0.05, 0.1) is 11.5 Å². The maximum Gasteiger partial charge on any atom is 0.308 e. The molecule has 0 aliphatic carbocycles. The van der Waals surface area contributed by atoms with Gasteiger partial charge in [-0.2, -0.15) is 0 Å². The van der Waals surface area contributed by atoms with Crippen molar-refractivity contribution in [1.82, 2.24) is 4.90 Å². The minimum Gasteiger partial charge on any atom is -0.481 e. The zero-order chi connectivity index (χ0) is 14.9. The summed E-state index contributed by atoms with van der Waals surface area (Å²) < 4.78 is 14.2. The number of benzene rings is 1. The third-order valence-corrected chi connectivity index (χ3v) is 4.13. The predicted octanol–water partition coefficient (Wildman–Crippen LogP) is 2.77. The maximum absolute atomic E-state index is 13.8. The zero-order valence-electron chi connectivity index (χ0n) is 11.0. The summed E-state index contributed by atoms with van der Waals surface area (Å²) in [6.45, 7) is 2.47. The smallest absolute Gasteiger partial charge is 0.308 e. The highest BCUT2D eigenvalue weighted by atomic mass is 79.9. The van der Waals surface area contributed by atoms with Gasteiger partial charge in [0, 0.05) is 17.6 Å². The molecule has 1 aromatic rings. The van der Waals surface area contributed by atoms with Gasteiger partial charge in [-0.1, -0.05) is 13.0 Å². The van der Waals surface area contributed by atoms with Crippen molar-refractivity contribution in [3.63, 3.8) is 0 Å². The molecule has 0 bridgehead atoms. The largest absolute Gasteiger partial charge is 0.481 e. The third kappa shape index (κ3) is 3.00. The first-order valence-corrected chi connectivity index (χ1v) is 7.15. The number of likely N-dealkylation sites (tertiary alicyclic amines) is 1. The van der Waals surface area contributed by atoms with E-state index < -0.39 is 23.6 Å². The average Bonchev–Trinajstić information content (AvgIpc) is 2.37. The van der Waals surface area contributed by atoms with Gasteiger partial charge in [-0.15, -0.1) is 0 Å². The Kier molecular flexibility index (Phi) is 4.42. The molecule has 4 nitrogen and oxygen atoms in total. The van der Waals surface area contributed by atoms with Gasteiger partial charge in [0.1, 0.15) is 5.82 Å². The molecular weight excluding hydrogens is 329 g/mol. The average molecular weight is 344 g/mol. The minimum absolute atomic E-state index is 0.0364. The summed E-state index contributed by atoms with van der Waals surface area (Å²) in [4.78, 5) is 25.0. The van der Waals surface area contributed by atoms with Gasteiger partial charge in [-0.25, -0.2) is 4.39 Å². The first-order chi connectivity index (χ1) is 9.40. The van der Waals surface area contributed by atoms with Gasteiger partial charge in [0.25, 0.3) is 5.91 Å². The molecule has 0 saturated carbocycles. The second-order valence-corrected chi connectivity index (χ2v) is 6.04. The van der Waals surface area contributed by atoms with E-state index >= 15 is 0 Å². The van der Waals surface area contributed by atoms with E-state index in [0.717, 1.165) is 0 Å². The van der Waals surface area contributed by atoms with Crippen LogP contribution in [0.15, 0.2) is 22.7 Å². The van der Waals surface area contributed by atoms with E-state index in [0.29, 0.717) is 17.4 Å². The van der Waals surface area contributed by atoms with Gasteiger partial charge in [-0.3, -0.25) is 9.59 Å². The normalized spacial score (nSPS) is 22.6. The van der Waals surface area contributed by atoms with Crippen LogP contribution in [0.5, 0.6) is 0 Å². The topological polar surface area (TPSA) is 57.6 Å². The molecule has 2 atom stereocenters. The first-order valence-electron chi connectivity index (χ1n) is 6.36. The fraction of sp³-hybridized carbons (Fsp3) is 0.429. The van der Waals surface area contributed by atoms with Gasteiger partial charge < -0.3 is 10.0 Å². The lowest BCUT2D eigenvalue weighted by Crippen LogP contribution is -2.45. The van der Waals surface area contributed by atoms with Crippen LogP contribution < -0.4 is 0 Å². The van der Waals surface area contributed by atoms with Crippen molar-refractivity contribution in [3.8, 4) is 0 Å². The van der Waals surface area contributed by atoms with Crippen molar-refractivity contribution in [2.24, 2.45) is 11.8 Å². The molecule has 1 heterocycles. The summed E-state index contributed by atoms with van der Waals surface area (Å²) in [5.41, 5.74) is -0.0364. The lowest BCUT2D eigenvalue weighted by molar-refractivity contribution is -0.143. The SMILES string of the molecule is CC1CC(C(=O)O)CN(C(=O)c2c(F)cccc2Br)C1. The lowest BCUT2D eigenvalue weighted by Gasteiger charge is -2.34. The summed E-state index contributed by atoms with van der Waals surface area (Å²) in [5.74, 6) is -2.49. The zero-order valence-corrected chi connectivity index (χ0v) is 12.6. The number of carbonyl (C=O) groups is 2. The van der Waals surface area contributed by atoms with Crippen LogP contribution >= 0.6 is 15.9 Å². The molecule has 1 N–H and O–H groups in total. The number of nitrogens with zero attached hydrogens (tertiary/aromatic N) is 1. The molecule has 1 amide bonds. The number of aliphatic carboxylic acids is 1. The molecule has 1 saturated heterocycles. The molecule has 20 heavy (non-hydrogen) atoms. The molecule has 1 fully saturated rings. The third-order valence-electron chi connectivity index (χ3n) is 3.47. The fourth-order valence-electron chi connectivity index (χ4n) is 2.56. The van der Waals surface area contributed by atoms with Crippen LogP contribution in [0.4, 0.5) is 4.39 Å². The van der Waals surface area contributed by atoms with E-state index in [1.165, 1.54) is 17.0 Å². The van der Waals surface area contributed by atoms with Gasteiger partial charge >= 0.3 is 5.97 Å². The van der Waals surface area contributed by atoms with Crippen molar-refractivity contribution in [3.05, 3.63) is 34.1 Å². The Morgan fingerprint density at radius 1 is 1.40 bits per heavy atom. The number of piperidine rings is 1. The molecular formula is C14H15BrFNO3. The van der Waals surface area contributed by atoms with Crippen LogP contribution in [0.25, 0.3) is 0 Å². The molecule has 2 unspecified atom stereocenters. The van der Waals surface area contributed by atoms with Gasteiger partial charge in [0.15, 0.2) is 0 Å². The summed E-state index contributed by atoms with van der Waals surface area (Å²) in [7, 11) is 0. The summed E-state index contributed by atoms with van der Waals surface area (Å²) >= 11 is 3.17. The molecule has 0 spiro atoms. The highest BCUT2D eigenvalue weighted by molar-refractivity contribution is 9.10. The molecule has 1 aromatic carbocycles. The molecule has 1 aliphatic rings. The Labute approximate surface area is 124 Å². The van der Waals surface area contributed by atoms with E-state index in [1.54, 1.807) is 6.07 Å². The van der Waals surface area contributed by atoms with E-state index in [2.05, 4.69) is 15.9 Å². The Morgan fingerprint density at radius 3 is 2.70 bits per heavy atom. The summed E-state index contributed by atoms with van der Waals surface area (Å²) in [6, 6.07) is 4.33. The minimum atomic E-state index is -0.915. The number of amides is 1. The summed E-state index contributed by atoms with van der Waals surface area (Å²) in [5, 5.41) is 9.11. The lowest BCUT2D eigenvalue weighted by atomic mass is 9.90. The number of carbonyl (C=O) groups excluding carboxylic acids is 1. The molecule has 6 heteroatoms. The Balaban J connectivity index is 2.26. The van der Waals surface area contributed by atoms with Crippen LogP contribution in [0.1, 0.15) is 23.7 Å². The summed E-state index contributed by atoms with van der Waals surface area (Å²) in [6.07, 6.45) is 0.539. The quantitative estimate of drug-likeness (QED) is 0.898. The van der Waals surface area contributed by atoms with Crippen LogP contribution in [-0.4, -0.2) is 35.0 Å². The van der Waals surface area contributed by atoms with Crippen molar-refractivity contribution >= 4 is 27.8 Å². The number of hydrogen-bond acceptors (Lipinski definition) is 2. The monoisotopic (exact) mass is 343 g/mol. The maximum atomic E-state index is 13.8. The van der Waals surface area contributed by atoms with Gasteiger partial charge in [0.2, 0.25) is 0 Å². The van der Waals surface area contributed by atoms with Gasteiger partial charge in [-0.05, 0) is 40.4 Å². The molecule has 0 radical (unpaired) electrons. The molecule has 1 aliphatic heterocycles. The number of carboxylic acids is 1. The second kappa shape index (κ2) is 5.91. The Morgan fingerprint density at radius 2 is 2.10 bits per heavy atom. The van der Waals surface area contributed by atoms with E-state index in [4.69, 9.17) is 5.11 Å². The molecule has 2 rings (SSSR count). The van der Waals surface area contributed by atoms with Crippen LogP contribution in [-0.2, 0) is 4.79 Å². The van der Waals surface area contributed by atoms with Crippen molar-refractivity contribution < 1.29 is 19.1 Å². The highest BCUT2D eigenvalue weighted by Gasteiger charge is 2.33. The molecule has 0 aromatic heterocycles. The Bertz CT molecular complexity index is 529. The highest BCUT2D eigenvalue weighted by Crippen LogP contribution is 2.26. The number of rotatable bonds is 2. The van der Waals surface area contributed by atoms with Crippen molar-refractivity contribution in [2.75, 3.05) is 13.1 Å². The Hall–Kier alpha value is -1.43. The standard InChI is InChI=1S/C14H15BrFNO3/c1-8-5-9(14(19)20)7-17(6-8)13(18)12-10(15)3-2-4-11(12)16/h2-4,8-9H,5-7H2,1H3,(H,19,20). The number of hydrogen-bond donors (Lipinski definition) is 1. The van der Waals surface area contributed by atoms with Crippen molar-refractivity contribution in [2.45, 2.75) is 13.3 Å². The van der Waals surface area contributed by atoms with Crippen LogP contribution in [0, 0.1) is 17.7 Å². The first kappa shape index (κ1) is 15.0.